The Kier molecular flexibility index (Phi) is 4.11. The SMILES string of the molecule is COC(=O)c1ccc(-c2ccc(-c3ccc(N)cc3)cc2)cc1. The summed E-state index contributed by atoms with van der Waals surface area (Å²) in [4.78, 5) is 11.5. The molecular formula is C20H17NO2. The Bertz CT molecular complexity index is 804. The lowest BCUT2D eigenvalue weighted by Gasteiger charge is -2.06. The van der Waals surface area contributed by atoms with Gasteiger partial charge in [0.2, 0.25) is 0 Å². The molecule has 0 amide bonds. The first-order chi connectivity index (χ1) is 11.2. The minimum atomic E-state index is -0.324. The van der Waals surface area contributed by atoms with E-state index in [1.54, 1.807) is 12.1 Å². The molecule has 3 nitrogen and oxygen atoms in total. The number of ether oxygens (including phenoxy) is 1. The van der Waals surface area contributed by atoms with Crippen molar-refractivity contribution in [2.75, 3.05) is 12.8 Å². The van der Waals surface area contributed by atoms with Gasteiger partial charge in [0, 0.05) is 5.69 Å². The molecule has 0 unspecified atom stereocenters. The van der Waals surface area contributed by atoms with E-state index in [4.69, 9.17) is 10.5 Å². The predicted molar refractivity (Wildman–Crippen MR) is 93.1 cm³/mol. The predicted octanol–water partition coefficient (Wildman–Crippen LogP) is 4.39. The molecule has 3 heteroatoms. The van der Waals surface area contributed by atoms with Gasteiger partial charge < -0.3 is 10.5 Å². The lowest BCUT2D eigenvalue weighted by atomic mass is 9.99. The smallest absolute Gasteiger partial charge is 0.337 e. The molecule has 3 aromatic rings. The van der Waals surface area contributed by atoms with Crippen LogP contribution in [0.2, 0.25) is 0 Å². The maximum atomic E-state index is 11.5. The third-order valence-corrected chi connectivity index (χ3v) is 3.77. The number of hydrogen-bond acceptors (Lipinski definition) is 3. The number of rotatable bonds is 3. The first-order valence-electron chi connectivity index (χ1n) is 7.32. The van der Waals surface area contributed by atoms with Gasteiger partial charge in [-0.2, -0.15) is 0 Å². The molecule has 0 saturated carbocycles. The molecule has 23 heavy (non-hydrogen) atoms. The molecule has 2 N–H and O–H groups in total. The van der Waals surface area contributed by atoms with Crippen LogP contribution < -0.4 is 5.73 Å². The fourth-order valence-corrected chi connectivity index (χ4v) is 2.45. The fraction of sp³-hybridized carbons (Fsp3) is 0.0500. The molecule has 3 rings (SSSR count). The van der Waals surface area contributed by atoms with Crippen molar-refractivity contribution in [1.29, 1.82) is 0 Å². The lowest BCUT2D eigenvalue weighted by Crippen LogP contribution is -2.00. The summed E-state index contributed by atoms with van der Waals surface area (Å²) in [5, 5.41) is 0. The number of anilines is 1. The monoisotopic (exact) mass is 303 g/mol. The third-order valence-electron chi connectivity index (χ3n) is 3.77. The summed E-state index contributed by atoms with van der Waals surface area (Å²) in [6.07, 6.45) is 0. The third kappa shape index (κ3) is 3.24. The van der Waals surface area contributed by atoms with E-state index in [1.165, 1.54) is 7.11 Å². The number of nitrogens with two attached hydrogens (primary N) is 1. The van der Waals surface area contributed by atoms with Gasteiger partial charge in [-0.15, -0.1) is 0 Å². The van der Waals surface area contributed by atoms with E-state index in [0.29, 0.717) is 5.56 Å². The summed E-state index contributed by atoms with van der Waals surface area (Å²) in [5.74, 6) is -0.324. The van der Waals surface area contributed by atoms with Gasteiger partial charge in [0.15, 0.2) is 0 Å². The minimum absolute atomic E-state index is 0.324. The van der Waals surface area contributed by atoms with Crippen LogP contribution in [-0.2, 0) is 4.74 Å². The molecule has 0 radical (unpaired) electrons. The van der Waals surface area contributed by atoms with Crippen molar-refractivity contribution in [3.63, 3.8) is 0 Å². The van der Waals surface area contributed by atoms with Crippen molar-refractivity contribution >= 4 is 11.7 Å². The van der Waals surface area contributed by atoms with Gasteiger partial charge in [0.05, 0.1) is 12.7 Å². The normalized spacial score (nSPS) is 10.3. The number of carbonyl (C=O) groups is 1. The highest BCUT2D eigenvalue weighted by Crippen LogP contribution is 2.25. The number of esters is 1. The molecule has 0 spiro atoms. The molecule has 114 valence electrons. The Hall–Kier alpha value is -3.07. The van der Waals surface area contributed by atoms with Gasteiger partial charge in [-0.1, -0.05) is 48.5 Å². The fourth-order valence-electron chi connectivity index (χ4n) is 2.45. The number of nitrogen functional groups attached to an aromatic ring is 1. The van der Waals surface area contributed by atoms with Crippen LogP contribution in [0.4, 0.5) is 5.69 Å². The highest BCUT2D eigenvalue weighted by atomic mass is 16.5. The summed E-state index contributed by atoms with van der Waals surface area (Å²) in [6.45, 7) is 0. The molecule has 0 saturated heterocycles. The quantitative estimate of drug-likeness (QED) is 0.576. The van der Waals surface area contributed by atoms with Gasteiger partial charge in [-0.05, 0) is 46.5 Å². The first-order valence-corrected chi connectivity index (χ1v) is 7.32. The van der Waals surface area contributed by atoms with Crippen molar-refractivity contribution in [1.82, 2.24) is 0 Å². The number of benzene rings is 3. The molecule has 0 bridgehead atoms. The van der Waals surface area contributed by atoms with Gasteiger partial charge in [0.25, 0.3) is 0 Å². The van der Waals surface area contributed by atoms with Crippen LogP contribution in [0.3, 0.4) is 0 Å². The van der Waals surface area contributed by atoms with Crippen LogP contribution in [0.15, 0.2) is 72.8 Å². The highest BCUT2D eigenvalue weighted by Gasteiger charge is 2.05. The van der Waals surface area contributed by atoms with Crippen molar-refractivity contribution < 1.29 is 9.53 Å². The van der Waals surface area contributed by atoms with Crippen LogP contribution in [0.25, 0.3) is 22.3 Å². The molecule has 0 aliphatic carbocycles. The van der Waals surface area contributed by atoms with Crippen LogP contribution in [0, 0.1) is 0 Å². The average Bonchev–Trinajstić information content (AvgIpc) is 2.62. The molecule has 0 atom stereocenters. The lowest BCUT2D eigenvalue weighted by molar-refractivity contribution is 0.0601. The second-order valence-corrected chi connectivity index (χ2v) is 5.27. The molecule has 0 fully saturated rings. The summed E-state index contributed by atoms with van der Waals surface area (Å²) in [5.41, 5.74) is 11.5. The number of methoxy groups -OCH3 is 1. The van der Waals surface area contributed by atoms with Crippen LogP contribution in [0.5, 0.6) is 0 Å². The highest BCUT2D eigenvalue weighted by molar-refractivity contribution is 5.90. The van der Waals surface area contributed by atoms with Gasteiger partial charge in [-0.25, -0.2) is 4.79 Å². The summed E-state index contributed by atoms with van der Waals surface area (Å²) >= 11 is 0. The van der Waals surface area contributed by atoms with Crippen molar-refractivity contribution in [2.24, 2.45) is 0 Å². The van der Waals surface area contributed by atoms with E-state index in [0.717, 1.165) is 27.9 Å². The second kappa shape index (κ2) is 6.36. The molecular weight excluding hydrogens is 286 g/mol. The maximum Gasteiger partial charge on any atom is 0.337 e. The van der Waals surface area contributed by atoms with E-state index >= 15 is 0 Å². The Morgan fingerprint density at radius 1 is 0.696 bits per heavy atom. The van der Waals surface area contributed by atoms with E-state index in [2.05, 4.69) is 24.3 Å². The van der Waals surface area contributed by atoms with Crippen LogP contribution in [-0.4, -0.2) is 13.1 Å². The van der Waals surface area contributed by atoms with Crippen LogP contribution in [0.1, 0.15) is 10.4 Å². The Morgan fingerprint density at radius 2 is 1.04 bits per heavy atom. The van der Waals surface area contributed by atoms with E-state index in [-0.39, 0.29) is 5.97 Å². The summed E-state index contributed by atoms with van der Waals surface area (Å²) in [7, 11) is 1.38. The Morgan fingerprint density at radius 3 is 1.43 bits per heavy atom. The van der Waals surface area contributed by atoms with Crippen LogP contribution >= 0.6 is 0 Å². The topological polar surface area (TPSA) is 52.3 Å². The van der Waals surface area contributed by atoms with Crippen molar-refractivity contribution in [3.05, 3.63) is 78.4 Å². The largest absolute Gasteiger partial charge is 0.465 e. The molecule has 3 aromatic carbocycles. The zero-order valence-electron chi connectivity index (χ0n) is 12.8. The van der Waals surface area contributed by atoms with Gasteiger partial charge in [-0.3, -0.25) is 0 Å². The molecule has 0 heterocycles. The molecule has 0 aromatic heterocycles. The maximum absolute atomic E-state index is 11.5. The summed E-state index contributed by atoms with van der Waals surface area (Å²) in [6, 6.07) is 23.5. The zero-order chi connectivity index (χ0) is 16.2. The van der Waals surface area contributed by atoms with Crippen molar-refractivity contribution in [3.8, 4) is 22.3 Å². The van der Waals surface area contributed by atoms with E-state index in [9.17, 15) is 4.79 Å². The summed E-state index contributed by atoms with van der Waals surface area (Å²) < 4.78 is 4.71. The van der Waals surface area contributed by atoms with E-state index in [1.807, 2.05) is 36.4 Å². The molecule has 0 aliphatic heterocycles. The van der Waals surface area contributed by atoms with Gasteiger partial charge >= 0.3 is 5.97 Å². The average molecular weight is 303 g/mol. The Labute approximate surface area is 135 Å². The molecule has 0 aliphatic rings. The van der Waals surface area contributed by atoms with Crippen molar-refractivity contribution in [2.45, 2.75) is 0 Å². The first kappa shape index (κ1) is 14.9. The standard InChI is InChI=1S/C20H17NO2/c1-23-20(22)18-8-6-16(7-9-18)14-2-4-15(5-3-14)17-10-12-19(21)13-11-17/h2-13H,21H2,1H3. The number of carbonyl (C=O) groups excluding carboxylic acids is 1. The number of hydrogen-bond donors (Lipinski definition) is 1. The van der Waals surface area contributed by atoms with Gasteiger partial charge in [0.1, 0.15) is 0 Å². The van der Waals surface area contributed by atoms with E-state index < -0.39 is 0 Å². The minimum Gasteiger partial charge on any atom is -0.465 e. The zero-order valence-corrected chi connectivity index (χ0v) is 12.8. The second-order valence-electron chi connectivity index (χ2n) is 5.27. The Balaban J connectivity index is 1.84.